The lowest BCUT2D eigenvalue weighted by Gasteiger charge is -2.12. The van der Waals surface area contributed by atoms with Crippen LogP contribution in [-0.2, 0) is 0 Å². The Kier molecular flexibility index (Phi) is 3.86. The Labute approximate surface area is 163 Å². The van der Waals surface area contributed by atoms with E-state index in [1.165, 1.54) is 12.8 Å². The average molecular weight is 375 g/mol. The van der Waals surface area contributed by atoms with Crippen molar-refractivity contribution in [2.45, 2.75) is 52.6 Å². The fraction of sp³-hybridized carbons (Fsp3) is 0.429. The number of nitrogens with zero attached hydrogens (tertiary/aromatic N) is 5. The monoisotopic (exact) mass is 375 g/mol. The molecule has 0 radical (unpaired) electrons. The molecule has 4 aromatic heterocycles. The fourth-order valence-electron chi connectivity index (χ4n) is 4.02. The van der Waals surface area contributed by atoms with E-state index in [4.69, 9.17) is 0 Å². The van der Waals surface area contributed by atoms with Crippen molar-refractivity contribution in [1.29, 1.82) is 0 Å². The Balaban J connectivity index is 1.54. The van der Waals surface area contributed by atoms with E-state index < -0.39 is 0 Å². The van der Waals surface area contributed by atoms with Gasteiger partial charge in [0.25, 0.3) is 0 Å². The van der Waals surface area contributed by atoms with E-state index >= 15 is 0 Å². The Hall–Kier alpha value is -2.96. The minimum atomic E-state index is 0.329. The van der Waals surface area contributed by atoms with Gasteiger partial charge in [0.05, 0.1) is 5.52 Å². The predicted molar refractivity (Wildman–Crippen MR) is 111 cm³/mol. The molecule has 144 valence electrons. The lowest BCUT2D eigenvalue weighted by Crippen LogP contribution is -2.18. The number of aryl methyl sites for hydroxylation is 1. The molecule has 0 bridgehead atoms. The zero-order chi connectivity index (χ0) is 19.4. The zero-order valence-corrected chi connectivity index (χ0v) is 16.7. The normalized spacial score (nSPS) is 15.6. The largest absolute Gasteiger partial charge is 0.351 e. The zero-order valence-electron chi connectivity index (χ0n) is 16.7. The summed E-state index contributed by atoms with van der Waals surface area (Å²) in [6, 6.07) is 2.90. The lowest BCUT2D eigenvalue weighted by molar-refractivity contribution is 0.600. The summed E-state index contributed by atoms with van der Waals surface area (Å²) in [6.45, 7) is 8.55. The molecule has 7 nitrogen and oxygen atoms in total. The second-order valence-corrected chi connectivity index (χ2v) is 8.12. The Morgan fingerprint density at radius 3 is 2.71 bits per heavy atom. The predicted octanol–water partition coefficient (Wildman–Crippen LogP) is 4.47. The highest BCUT2D eigenvalue weighted by atomic mass is 15.1. The van der Waals surface area contributed by atoms with Crippen molar-refractivity contribution in [3.05, 3.63) is 30.5 Å². The van der Waals surface area contributed by atoms with Gasteiger partial charge in [-0.25, -0.2) is 15.0 Å². The minimum absolute atomic E-state index is 0.329. The summed E-state index contributed by atoms with van der Waals surface area (Å²) in [5.74, 6) is 2.42. The first-order chi connectivity index (χ1) is 13.5. The van der Waals surface area contributed by atoms with Gasteiger partial charge < -0.3 is 14.9 Å². The molecule has 0 saturated heterocycles. The smallest absolute Gasteiger partial charge is 0.224 e. The van der Waals surface area contributed by atoms with Crippen LogP contribution < -0.4 is 5.32 Å². The molecule has 0 spiro atoms. The summed E-state index contributed by atoms with van der Waals surface area (Å²) < 4.78 is 2.22. The summed E-state index contributed by atoms with van der Waals surface area (Å²) in [4.78, 5) is 21.7. The van der Waals surface area contributed by atoms with Crippen LogP contribution in [0.2, 0.25) is 0 Å². The van der Waals surface area contributed by atoms with Crippen LogP contribution in [0.3, 0.4) is 0 Å². The number of aromatic nitrogens is 6. The van der Waals surface area contributed by atoms with E-state index in [0.717, 1.165) is 45.1 Å². The second-order valence-electron chi connectivity index (χ2n) is 8.12. The van der Waals surface area contributed by atoms with E-state index in [0.29, 0.717) is 18.0 Å². The van der Waals surface area contributed by atoms with Crippen molar-refractivity contribution < 1.29 is 0 Å². The van der Waals surface area contributed by atoms with Crippen LogP contribution >= 0.6 is 0 Å². The van der Waals surface area contributed by atoms with Crippen LogP contribution in [0.5, 0.6) is 0 Å². The summed E-state index contributed by atoms with van der Waals surface area (Å²) in [5, 5.41) is 4.42. The Morgan fingerprint density at radius 1 is 1.14 bits per heavy atom. The van der Waals surface area contributed by atoms with Gasteiger partial charge in [-0.05, 0) is 52.5 Å². The fourth-order valence-corrected chi connectivity index (χ4v) is 4.02. The Bertz CT molecular complexity index is 1170. The number of H-pyrrole nitrogens is 1. The van der Waals surface area contributed by atoms with Gasteiger partial charge in [0, 0.05) is 47.2 Å². The van der Waals surface area contributed by atoms with Gasteiger partial charge in [-0.3, -0.25) is 0 Å². The van der Waals surface area contributed by atoms with E-state index in [2.05, 4.69) is 61.6 Å². The molecule has 1 saturated carbocycles. The summed E-state index contributed by atoms with van der Waals surface area (Å²) in [7, 11) is 0. The molecule has 7 heteroatoms. The molecule has 5 rings (SSSR count). The number of nitrogens with one attached hydrogen (secondary N) is 2. The van der Waals surface area contributed by atoms with Gasteiger partial charge in [-0.15, -0.1) is 0 Å². The molecule has 0 amide bonds. The van der Waals surface area contributed by atoms with E-state index in [-0.39, 0.29) is 0 Å². The molecule has 4 heterocycles. The second kappa shape index (κ2) is 6.29. The topological polar surface area (TPSA) is 84.3 Å². The molecular weight excluding hydrogens is 350 g/mol. The molecular formula is C21H25N7. The number of fused-ring (bicyclic) bond motifs is 2. The van der Waals surface area contributed by atoms with Crippen LogP contribution in [0.1, 0.15) is 45.5 Å². The number of anilines is 1. The van der Waals surface area contributed by atoms with Crippen molar-refractivity contribution in [3.8, 4) is 11.1 Å². The standard InChI is InChI=1S/C21H25N7/c1-11(2)28-13(4)26-20-18(28)7-15(8-22-20)16-9-23-19-17(16)10-24-21(27-19)25-12(3)14-5-6-14/h7-12,14H,5-6H2,1-4H3,(H2,23,24,25,27)/t12-/m1/s1. The first-order valence-electron chi connectivity index (χ1n) is 9.97. The van der Waals surface area contributed by atoms with Gasteiger partial charge >= 0.3 is 0 Å². The maximum Gasteiger partial charge on any atom is 0.224 e. The van der Waals surface area contributed by atoms with Crippen molar-refractivity contribution >= 4 is 28.1 Å². The molecule has 0 aromatic carbocycles. The number of pyridine rings is 1. The van der Waals surface area contributed by atoms with Crippen molar-refractivity contribution in [1.82, 2.24) is 29.5 Å². The SMILES string of the molecule is Cc1nc2ncc(-c3c[nH]c4nc(N[C@H](C)C5CC5)ncc34)cc2n1C(C)C. The van der Waals surface area contributed by atoms with Crippen molar-refractivity contribution in [3.63, 3.8) is 0 Å². The van der Waals surface area contributed by atoms with Crippen LogP contribution in [-0.4, -0.2) is 35.5 Å². The van der Waals surface area contributed by atoms with Crippen LogP contribution in [0, 0.1) is 12.8 Å². The molecule has 28 heavy (non-hydrogen) atoms. The Morgan fingerprint density at radius 2 is 1.96 bits per heavy atom. The first kappa shape index (κ1) is 17.2. The number of aromatic amines is 1. The van der Waals surface area contributed by atoms with E-state index in [9.17, 15) is 0 Å². The average Bonchev–Trinajstić information content (AvgIpc) is 3.35. The molecule has 2 N–H and O–H groups in total. The van der Waals surface area contributed by atoms with Crippen molar-refractivity contribution in [2.75, 3.05) is 5.32 Å². The molecule has 1 aliphatic rings. The van der Waals surface area contributed by atoms with Crippen LogP contribution in [0.4, 0.5) is 5.95 Å². The van der Waals surface area contributed by atoms with Gasteiger partial charge in [0.2, 0.25) is 5.95 Å². The van der Waals surface area contributed by atoms with Crippen molar-refractivity contribution in [2.24, 2.45) is 5.92 Å². The van der Waals surface area contributed by atoms with E-state index in [1.807, 2.05) is 25.5 Å². The molecule has 1 fully saturated rings. The highest BCUT2D eigenvalue weighted by Crippen LogP contribution is 2.34. The highest BCUT2D eigenvalue weighted by Gasteiger charge is 2.28. The third-order valence-corrected chi connectivity index (χ3v) is 5.67. The van der Waals surface area contributed by atoms with Crippen LogP contribution in [0.25, 0.3) is 33.3 Å². The number of rotatable bonds is 5. The first-order valence-corrected chi connectivity index (χ1v) is 9.97. The van der Waals surface area contributed by atoms with Crippen LogP contribution in [0.15, 0.2) is 24.7 Å². The van der Waals surface area contributed by atoms with Gasteiger partial charge in [-0.2, -0.15) is 4.98 Å². The van der Waals surface area contributed by atoms with Gasteiger partial charge in [0.15, 0.2) is 5.65 Å². The number of hydrogen-bond donors (Lipinski definition) is 2. The molecule has 4 aromatic rings. The minimum Gasteiger partial charge on any atom is -0.351 e. The van der Waals surface area contributed by atoms with E-state index in [1.54, 1.807) is 0 Å². The maximum absolute atomic E-state index is 4.67. The molecule has 1 atom stereocenters. The molecule has 0 unspecified atom stereocenters. The third kappa shape index (κ3) is 2.82. The number of hydrogen-bond acceptors (Lipinski definition) is 5. The molecule has 0 aliphatic heterocycles. The summed E-state index contributed by atoms with van der Waals surface area (Å²) in [6.07, 6.45) is 8.35. The van der Waals surface area contributed by atoms with Gasteiger partial charge in [-0.1, -0.05) is 0 Å². The summed E-state index contributed by atoms with van der Waals surface area (Å²) in [5.41, 5.74) is 4.77. The summed E-state index contributed by atoms with van der Waals surface area (Å²) >= 11 is 0. The van der Waals surface area contributed by atoms with Gasteiger partial charge in [0.1, 0.15) is 11.5 Å². The maximum atomic E-state index is 4.67. The third-order valence-electron chi connectivity index (χ3n) is 5.67. The highest BCUT2D eigenvalue weighted by molar-refractivity contribution is 5.95. The molecule has 1 aliphatic carbocycles. The quantitative estimate of drug-likeness (QED) is 0.538. The number of imidazole rings is 1. The lowest BCUT2D eigenvalue weighted by atomic mass is 10.1.